The van der Waals surface area contributed by atoms with Gasteiger partial charge in [-0.2, -0.15) is 15.3 Å². The lowest BCUT2D eigenvalue weighted by molar-refractivity contribution is -0.0268. The van der Waals surface area contributed by atoms with Crippen LogP contribution in [0.5, 0.6) is 0 Å². The first kappa shape index (κ1) is 51.8. The molecule has 15 nitrogen and oxygen atoms in total. The van der Waals surface area contributed by atoms with Crippen LogP contribution >= 0.6 is 34.8 Å². The minimum Gasteiger partial charge on any atom is -0.391 e. The molecule has 6 aromatic carbocycles. The molecule has 0 saturated carbocycles. The lowest BCUT2D eigenvalue weighted by atomic mass is 10.1. The van der Waals surface area contributed by atoms with Gasteiger partial charge in [-0.1, -0.05) is 217 Å². The van der Waals surface area contributed by atoms with Gasteiger partial charge in [0.15, 0.2) is 16.9 Å². The molecule has 1 atom stereocenters. The average Bonchev–Trinajstić information content (AvgIpc) is 4.20. The van der Waals surface area contributed by atoms with E-state index in [4.69, 9.17) is 54.5 Å². The van der Waals surface area contributed by atoms with Crippen LogP contribution in [0.15, 0.2) is 182 Å². The van der Waals surface area contributed by atoms with Gasteiger partial charge in [0.1, 0.15) is 40.2 Å². The zero-order chi connectivity index (χ0) is 53.5. The van der Waals surface area contributed by atoms with Crippen molar-refractivity contribution in [1.29, 1.82) is 0 Å². The summed E-state index contributed by atoms with van der Waals surface area (Å²) in [5, 5.41) is 54.4. The molecule has 1 N–H and O–H groups in total. The molecule has 6 aromatic heterocycles. The molecule has 0 radical (unpaired) electrons. The second-order valence-corrected chi connectivity index (χ2v) is 19.4. The predicted molar refractivity (Wildman–Crippen MR) is 307 cm³/mol. The van der Waals surface area contributed by atoms with Gasteiger partial charge in [0.2, 0.25) is 0 Å². The Kier molecular flexibility index (Phi) is 15.6. The molecule has 78 heavy (non-hydrogen) atoms. The van der Waals surface area contributed by atoms with Crippen molar-refractivity contribution < 1.29 is 14.6 Å². The fourth-order valence-corrected chi connectivity index (χ4v) is 10.0. The van der Waals surface area contributed by atoms with Gasteiger partial charge in [0.25, 0.3) is 0 Å². The summed E-state index contributed by atoms with van der Waals surface area (Å²) in [5.74, 6) is 0. The second-order valence-electron chi connectivity index (χ2n) is 18.3. The van der Waals surface area contributed by atoms with Crippen molar-refractivity contribution in [2.24, 2.45) is 0 Å². The van der Waals surface area contributed by atoms with E-state index >= 15 is 0 Å². The predicted octanol–water partition coefficient (Wildman–Crippen LogP) is 13.0. The number of nitrogens with zero attached hydrogens (tertiary/aromatic N) is 12. The van der Waals surface area contributed by atoms with Gasteiger partial charge in [-0.3, -0.25) is 0 Å². The third-order valence-corrected chi connectivity index (χ3v) is 14.1. The number of aliphatic hydroxyl groups is 1. The number of ether oxygens (including phenoxy) is 2. The third-order valence-electron chi connectivity index (χ3n) is 12.9. The van der Waals surface area contributed by atoms with E-state index in [2.05, 4.69) is 35.7 Å². The Balaban J connectivity index is 0.000000124. The van der Waals surface area contributed by atoms with Crippen molar-refractivity contribution in [1.82, 2.24) is 59.9 Å². The molecule has 7 heterocycles. The standard InChI is InChI=1S/C20H15ClN4O.2C20H17ClN4O/c21-17-16-18(13-7-3-1-4-8-13)24-25(15-11-26-12-15)20(16)23-22-19(17)14-9-5-2-6-10-14;1-26-13-12-25-20-16(18(24-25)14-8-4-2-5-9-14)17(21)19(22-23-20)15-10-6-3-7-11-15;1-13(26)12-25-20-16(18(24-25)14-8-4-2-5-9-14)17(21)19(22-23-20)15-10-6-3-7-11-15/h1-10,15H,11-12H2;2-11H,12-13H2,1H3;2-11,13,26H,12H2,1H3. The summed E-state index contributed by atoms with van der Waals surface area (Å²) in [7, 11) is 1.66. The summed E-state index contributed by atoms with van der Waals surface area (Å²) >= 11 is 20.4. The number of aromatic nitrogens is 12. The zero-order valence-corrected chi connectivity index (χ0v) is 44.5. The molecule has 13 rings (SSSR count). The Morgan fingerprint density at radius 1 is 0.462 bits per heavy atom. The number of aliphatic hydroxyl groups excluding tert-OH is 1. The molecular weight excluding hydrogens is 1040 g/mol. The average molecular weight is 1090 g/mol. The van der Waals surface area contributed by atoms with Crippen LogP contribution in [-0.2, 0) is 22.6 Å². The smallest absolute Gasteiger partial charge is 0.183 e. The number of rotatable bonds is 12. The molecular formula is C60H49Cl3N12O3. The highest BCUT2D eigenvalue weighted by atomic mass is 35.5. The van der Waals surface area contributed by atoms with Crippen LogP contribution in [0.3, 0.4) is 0 Å². The van der Waals surface area contributed by atoms with Crippen LogP contribution in [0.1, 0.15) is 13.0 Å². The fraction of sp³-hybridized carbons (Fsp3) is 0.150. The van der Waals surface area contributed by atoms with E-state index in [0.29, 0.717) is 82.0 Å². The van der Waals surface area contributed by atoms with E-state index in [-0.39, 0.29) is 6.04 Å². The Labute approximate surface area is 463 Å². The summed E-state index contributed by atoms with van der Waals surface area (Å²) in [4.78, 5) is 0. The molecule has 1 aliphatic rings. The highest BCUT2D eigenvalue weighted by molar-refractivity contribution is 6.39. The second kappa shape index (κ2) is 23.5. The maximum absolute atomic E-state index is 9.80. The topological polar surface area (TPSA) is 169 Å². The highest BCUT2D eigenvalue weighted by Crippen LogP contribution is 2.41. The summed E-state index contributed by atoms with van der Waals surface area (Å²) in [6.45, 7) is 4.40. The monoisotopic (exact) mass is 1090 g/mol. The summed E-state index contributed by atoms with van der Waals surface area (Å²) in [5.41, 5.74) is 11.9. The Hall–Kier alpha value is -8.28. The number of hydrogen-bond donors (Lipinski definition) is 1. The minimum atomic E-state index is -0.559. The number of halogens is 3. The normalized spacial score (nSPS) is 12.7. The van der Waals surface area contributed by atoms with Crippen molar-refractivity contribution in [3.05, 3.63) is 197 Å². The number of hydrogen-bond acceptors (Lipinski definition) is 12. The Morgan fingerprint density at radius 3 is 1.13 bits per heavy atom. The molecule has 0 bridgehead atoms. The largest absolute Gasteiger partial charge is 0.391 e. The number of benzene rings is 6. The first-order chi connectivity index (χ1) is 38.3. The molecule has 1 aliphatic heterocycles. The van der Waals surface area contributed by atoms with Gasteiger partial charge in [0, 0.05) is 40.5 Å². The molecule has 1 unspecified atom stereocenters. The molecule has 0 amide bonds. The maximum Gasteiger partial charge on any atom is 0.183 e. The molecule has 1 saturated heterocycles. The van der Waals surface area contributed by atoms with Gasteiger partial charge in [-0.05, 0) is 6.92 Å². The van der Waals surface area contributed by atoms with Crippen LogP contribution < -0.4 is 0 Å². The van der Waals surface area contributed by atoms with Crippen LogP contribution in [-0.4, -0.2) is 98.1 Å². The molecule has 18 heteroatoms. The van der Waals surface area contributed by atoms with Gasteiger partial charge < -0.3 is 14.6 Å². The molecule has 1 fully saturated rings. The summed E-state index contributed by atoms with van der Waals surface area (Å²) in [6.07, 6.45) is -0.559. The van der Waals surface area contributed by atoms with E-state index in [1.54, 1.807) is 23.4 Å². The molecule has 0 spiro atoms. The van der Waals surface area contributed by atoms with E-state index in [1.165, 1.54) is 0 Å². The van der Waals surface area contributed by atoms with Crippen molar-refractivity contribution in [3.63, 3.8) is 0 Å². The summed E-state index contributed by atoms with van der Waals surface area (Å²) < 4.78 is 15.9. The highest BCUT2D eigenvalue weighted by Gasteiger charge is 2.29. The number of methoxy groups -OCH3 is 1. The van der Waals surface area contributed by atoms with Crippen molar-refractivity contribution >= 4 is 67.9 Å². The van der Waals surface area contributed by atoms with E-state index in [0.717, 1.165) is 66.6 Å². The minimum absolute atomic E-state index is 0.169. The van der Waals surface area contributed by atoms with Crippen molar-refractivity contribution in [2.45, 2.75) is 32.2 Å². The molecule has 12 aromatic rings. The van der Waals surface area contributed by atoms with Gasteiger partial charge in [0.05, 0.1) is 70.2 Å². The maximum atomic E-state index is 9.80. The number of fused-ring (bicyclic) bond motifs is 3. The van der Waals surface area contributed by atoms with E-state index < -0.39 is 6.10 Å². The van der Waals surface area contributed by atoms with Crippen molar-refractivity contribution in [3.8, 4) is 67.5 Å². The zero-order valence-electron chi connectivity index (χ0n) is 42.3. The van der Waals surface area contributed by atoms with Crippen molar-refractivity contribution in [2.75, 3.05) is 26.9 Å². The van der Waals surface area contributed by atoms with Gasteiger partial charge in [-0.25, -0.2) is 14.0 Å². The van der Waals surface area contributed by atoms with E-state index in [9.17, 15) is 5.11 Å². The van der Waals surface area contributed by atoms with Crippen LogP contribution in [0, 0.1) is 0 Å². The van der Waals surface area contributed by atoms with Crippen LogP contribution in [0.2, 0.25) is 15.1 Å². The van der Waals surface area contributed by atoms with E-state index in [1.807, 2.05) is 187 Å². The van der Waals surface area contributed by atoms with Crippen LogP contribution in [0.25, 0.3) is 101 Å². The lowest BCUT2D eigenvalue weighted by Gasteiger charge is -2.26. The SMILES string of the molecule is CC(O)Cn1nc(-c2ccccc2)c2c(Cl)c(-c3ccccc3)nnc21.COCCn1nc(-c2ccccc2)c2c(Cl)c(-c3ccccc3)nnc21.Clc1c(-c2ccccc2)nnc2c1c(-c1ccccc1)nn2C1COC1. The molecule has 0 aliphatic carbocycles. The van der Waals surface area contributed by atoms with Crippen LogP contribution in [0.4, 0.5) is 0 Å². The first-order valence-corrected chi connectivity index (χ1v) is 26.3. The fourth-order valence-electron chi connectivity index (χ4n) is 9.08. The quantitative estimate of drug-likeness (QED) is 0.123. The first-order valence-electron chi connectivity index (χ1n) is 25.1. The lowest BCUT2D eigenvalue weighted by Crippen LogP contribution is -2.31. The van der Waals surface area contributed by atoms with Gasteiger partial charge >= 0.3 is 0 Å². The van der Waals surface area contributed by atoms with Gasteiger partial charge in [-0.15, -0.1) is 30.6 Å². The summed E-state index contributed by atoms with van der Waals surface area (Å²) in [6, 6.07) is 59.4. The third kappa shape index (κ3) is 10.6. The molecule has 388 valence electrons. The Morgan fingerprint density at radius 2 is 0.782 bits per heavy atom. The Bertz CT molecular complexity index is 3980.